The Morgan fingerprint density at radius 2 is 2.05 bits per heavy atom. The highest BCUT2D eigenvalue weighted by Crippen LogP contribution is 2.20. The number of nitrogens with one attached hydrogen (secondary N) is 1. The molecule has 0 spiro atoms. The van der Waals surface area contributed by atoms with Crippen LogP contribution >= 0.6 is 0 Å². The average molecular weight is 284 g/mol. The highest BCUT2D eigenvalue weighted by molar-refractivity contribution is 6.06. The maximum absolute atomic E-state index is 12.2. The van der Waals surface area contributed by atoms with Gasteiger partial charge < -0.3 is 16.2 Å². The molecule has 1 amide bonds. The molecule has 0 aliphatic rings. The highest BCUT2D eigenvalue weighted by atomic mass is 16.3. The van der Waals surface area contributed by atoms with Crippen LogP contribution in [-0.2, 0) is 6.42 Å². The number of carbonyl (C=O) groups is 1. The second kappa shape index (κ2) is 6.90. The van der Waals surface area contributed by atoms with Gasteiger partial charge in [0, 0.05) is 5.69 Å². The van der Waals surface area contributed by atoms with Crippen LogP contribution in [0.4, 0.5) is 5.69 Å². The van der Waals surface area contributed by atoms with Crippen LogP contribution < -0.4 is 11.1 Å². The van der Waals surface area contributed by atoms with Gasteiger partial charge in [-0.2, -0.15) is 0 Å². The maximum atomic E-state index is 12.2. The Bertz CT molecular complexity index is 638. The first-order chi connectivity index (χ1) is 10.1. The molecule has 0 atom stereocenters. The molecule has 4 nitrogen and oxygen atoms in total. The molecule has 0 heterocycles. The van der Waals surface area contributed by atoms with Crippen molar-refractivity contribution in [2.45, 2.75) is 19.8 Å². The van der Waals surface area contributed by atoms with Gasteiger partial charge in [-0.25, -0.2) is 0 Å². The molecule has 0 unspecified atom stereocenters. The Morgan fingerprint density at radius 3 is 2.76 bits per heavy atom. The summed E-state index contributed by atoms with van der Waals surface area (Å²) >= 11 is 0. The molecule has 110 valence electrons. The Hall–Kier alpha value is -2.33. The summed E-state index contributed by atoms with van der Waals surface area (Å²) in [6.07, 6.45) is 1.80. The first kappa shape index (κ1) is 15.1. The molecular weight excluding hydrogens is 264 g/mol. The molecule has 0 saturated heterocycles. The van der Waals surface area contributed by atoms with Crippen molar-refractivity contribution in [3.63, 3.8) is 0 Å². The fourth-order valence-electron chi connectivity index (χ4n) is 2.14. The van der Waals surface area contributed by atoms with Crippen LogP contribution in [0.3, 0.4) is 0 Å². The SMILES string of the molecule is Cc1ccc(C(=O)Nc2cccc(CCCN)c2)c(O)c1. The minimum Gasteiger partial charge on any atom is -0.507 e. The van der Waals surface area contributed by atoms with Crippen molar-refractivity contribution in [3.05, 3.63) is 59.2 Å². The van der Waals surface area contributed by atoms with Gasteiger partial charge in [0.25, 0.3) is 5.91 Å². The number of phenols is 1. The van der Waals surface area contributed by atoms with Crippen molar-refractivity contribution in [2.75, 3.05) is 11.9 Å². The molecule has 2 aromatic carbocycles. The van der Waals surface area contributed by atoms with Crippen molar-refractivity contribution in [1.29, 1.82) is 0 Å². The maximum Gasteiger partial charge on any atom is 0.259 e. The van der Waals surface area contributed by atoms with E-state index < -0.39 is 0 Å². The second-order valence-electron chi connectivity index (χ2n) is 5.07. The van der Waals surface area contributed by atoms with E-state index >= 15 is 0 Å². The molecule has 0 aromatic heterocycles. The van der Waals surface area contributed by atoms with E-state index in [-0.39, 0.29) is 17.2 Å². The Kier molecular flexibility index (Phi) is 4.95. The average Bonchev–Trinajstić information content (AvgIpc) is 2.45. The number of phenolic OH excluding ortho intramolecular Hbond substituents is 1. The predicted octanol–water partition coefficient (Wildman–Crippen LogP) is 2.84. The summed E-state index contributed by atoms with van der Waals surface area (Å²) in [5.41, 5.74) is 8.53. The molecule has 4 N–H and O–H groups in total. The van der Waals surface area contributed by atoms with Gasteiger partial charge in [-0.1, -0.05) is 18.2 Å². The van der Waals surface area contributed by atoms with Crippen LogP contribution in [0.25, 0.3) is 0 Å². The van der Waals surface area contributed by atoms with Crippen LogP contribution in [0, 0.1) is 6.92 Å². The van der Waals surface area contributed by atoms with Crippen molar-refractivity contribution >= 4 is 11.6 Å². The fraction of sp³-hybridized carbons (Fsp3) is 0.235. The first-order valence-electron chi connectivity index (χ1n) is 7.00. The summed E-state index contributed by atoms with van der Waals surface area (Å²) in [6, 6.07) is 12.7. The molecular formula is C17H20N2O2. The summed E-state index contributed by atoms with van der Waals surface area (Å²) in [5, 5.41) is 12.6. The molecule has 21 heavy (non-hydrogen) atoms. The zero-order chi connectivity index (χ0) is 15.2. The molecule has 0 bridgehead atoms. The second-order valence-corrected chi connectivity index (χ2v) is 5.07. The number of amides is 1. The number of benzene rings is 2. The molecule has 0 aliphatic carbocycles. The Balaban J connectivity index is 2.12. The van der Waals surface area contributed by atoms with Gasteiger partial charge in [-0.15, -0.1) is 0 Å². The molecule has 0 fully saturated rings. The van der Waals surface area contributed by atoms with Gasteiger partial charge in [0.15, 0.2) is 0 Å². The lowest BCUT2D eigenvalue weighted by molar-refractivity contribution is 0.102. The first-order valence-corrected chi connectivity index (χ1v) is 7.00. The van der Waals surface area contributed by atoms with E-state index in [0.717, 1.165) is 29.7 Å². The number of aryl methyl sites for hydroxylation is 2. The lowest BCUT2D eigenvalue weighted by Crippen LogP contribution is -2.12. The highest BCUT2D eigenvalue weighted by Gasteiger charge is 2.11. The van der Waals surface area contributed by atoms with E-state index in [0.29, 0.717) is 6.54 Å². The third-order valence-electron chi connectivity index (χ3n) is 3.25. The number of hydrogen-bond donors (Lipinski definition) is 3. The monoisotopic (exact) mass is 284 g/mol. The Morgan fingerprint density at radius 1 is 1.24 bits per heavy atom. The van der Waals surface area contributed by atoms with Crippen molar-refractivity contribution in [3.8, 4) is 5.75 Å². The number of aromatic hydroxyl groups is 1. The van der Waals surface area contributed by atoms with Gasteiger partial charge in [-0.05, 0) is 61.7 Å². The van der Waals surface area contributed by atoms with Crippen LogP contribution in [0.15, 0.2) is 42.5 Å². The van der Waals surface area contributed by atoms with Crippen LogP contribution in [0.5, 0.6) is 5.75 Å². The summed E-state index contributed by atoms with van der Waals surface area (Å²) in [7, 11) is 0. The van der Waals surface area contributed by atoms with Gasteiger partial charge in [-0.3, -0.25) is 4.79 Å². The third kappa shape index (κ3) is 4.07. The minimum atomic E-state index is -0.316. The van der Waals surface area contributed by atoms with Crippen molar-refractivity contribution in [2.24, 2.45) is 5.73 Å². The zero-order valence-corrected chi connectivity index (χ0v) is 12.1. The number of rotatable bonds is 5. The van der Waals surface area contributed by atoms with Crippen molar-refractivity contribution in [1.82, 2.24) is 0 Å². The lowest BCUT2D eigenvalue weighted by Gasteiger charge is -2.09. The minimum absolute atomic E-state index is 0.00761. The summed E-state index contributed by atoms with van der Waals surface area (Å²) in [4.78, 5) is 12.2. The molecule has 4 heteroatoms. The molecule has 0 radical (unpaired) electrons. The van der Waals surface area contributed by atoms with Crippen LogP contribution in [0.2, 0.25) is 0 Å². The van der Waals surface area contributed by atoms with Crippen molar-refractivity contribution < 1.29 is 9.90 Å². The number of hydrogen-bond acceptors (Lipinski definition) is 3. The summed E-state index contributed by atoms with van der Waals surface area (Å²) < 4.78 is 0. The summed E-state index contributed by atoms with van der Waals surface area (Å²) in [5.74, 6) is -0.324. The van der Waals surface area contributed by atoms with E-state index in [4.69, 9.17) is 5.73 Å². The topological polar surface area (TPSA) is 75.4 Å². The fourth-order valence-corrected chi connectivity index (χ4v) is 2.14. The predicted molar refractivity (Wildman–Crippen MR) is 84.6 cm³/mol. The number of carbonyl (C=O) groups excluding carboxylic acids is 1. The van der Waals surface area contributed by atoms with E-state index in [9.17, 15) is 9.90 Å². The van der Waals surface area contributed by atoms with Gasteiger partial charge in [0.2, 0.25) is 0 Å². The van der Waals surface area contributed by atoms with Gasteiger partial charge in [0.1, 0.15) is 5.75 Å². The standard InChI is InChI=1S/C17H20N2O2/c1-12-7-8-15(16(20)10-12)17(21)19-14-6-2-4-13(11-14)5-3-9-18/h2,4,6-8,10-11,20H,3,5,9,18H2,1H3,(H,19,21). The number of nitrogens with two attached hydrogens (primary N) is 1. The van der Waals surface area contributed by atoms with E-state index in [2.05, 4.69) is 5.32 Å². The van der Waals surface area contributed by atoms with Gasteiger partial charge in [0.05, 0.1) is 5.56 Å². The normalized spacial score (nSPS) is 10.4. The van der Waals surface area contributed by atoms with Crippen LogP contribution in [0.1, 0.15) is 27.9 Å². The molecule has 0 saturated carbocycles. The Labute approximate surface area is 124 Å². The van der Waals surface area contributed by atoms with Gasteiger partial charge >= 0.3 is 0 Å². The smallest absolute Gasteiger partial charge is 0.259 e. The molecule has 2 rings (SSSR count). The van der Waals surface area contributed by atoms with E-state index in [1.807, 2.05) is 31.2 Å². The molecule has 0 aliphatic heterocycles. The van der Waals surface area contributed by atoms with E-state index in [1.165, 1.54) is 0 Å². The number of anilines is 1. The zero-order valence-electron chi connectivity index (χ0n) is 12.1. The largest absolute Gasteiger partial charge is 0.507 e. The van der Waals surface area contributed by atoms with E-state index in [1.54, 1.807) is 18.2 Å². The quantitative estimate of drug-likeness (QED) is 0.790. The summed E-state index contributed by atoms with van der Waals surface area (Å²) in [6.45, 7) is 2.51. The van der Waals surface area contributed by atoms with Crippen LogP contribution in [-0.4, -0.2) is 17.6 Å². The molecule has 2 aromatic rings. The third-order valence-corrected chi connectivity index (χ3v) is 3.25. The lowest BCUT2D eigenvalue weighted by atomic mass is 10.1.